The molecule has 1 fully saturated rings. The molecule has 1 aliphatic heterocycles. The number of ether oxygens (including phenoxy) is 1. The quantitative estimate of drug-likeness (QED) is 0.748. The maximum atomic E-state index is 11.0. The second-order valence-corrected chi connectivity index (χ2v) is 5.72. The fraction of sp³-hybridized carbons (Fsp3) is 0.769. The lowest BCUT2D eigenvalue weighted by molar-refractivity contribution is -0.0409. The predicted octanol–water partition coefficient (Wildman–Crippen LogP) is -0.208. The van der Waals surface area contributed by atoms with Crippen LogP contribution in [-0.2, 0) is 17.8 Å². The normalized spacial score (nSPS) is 20.1. The Kier molecular flexibility index (Phi) is 5.27. The molecule has 0 amide bonds. The number of nitrogens with zero attached hydrogens (tertiary/aromatic N) is 4. The SMILES string of the molecule is CC(C)CN1CCOC(Cn2nnc(C(=O)O)c2CN)C1. The lowest BCUT2D eigenvalue weighted by Gasteiger charge is -2.33. The number of carboxylic acid groups (broad SMARTS) is 1. The summed E-state index contributed by atoms with van der Waals surface area (Å²) >= 11 is 0. The van der Waals surface area contributed by atoms with Gasteiger partial charge in [0.2, 0.25) is 0 Å². The summed E-state index contributed by atoms with van der Waals surface area (Å²) in [6, 6.07) is 0. The van der Waals surface area contributed by atoms with Crippen molar-refractivity contribution in [2.75, 3.05) is 26.2 Å². The van der Waals surface area contributed by atoms with Gasteiger partial charge in [-0.1, -0.05) is 19.1 Å². The van der Waals surface area contributed by atoms with Crippen LogP contribution in [-0.4, -0.2) is 63.3 Å². The van der Waals surface area contributed by atoms with E-state index >= 15 is 0 Å². The lowest BCUT2D eigenvalue weighted by Crippen LogP contribution is -2.45. The summed E-state index contributed by atoms with van der Waals surface area (Å²) in [5, 5.41) is 16.6. The van der Waals surface area contributed by atoms with Gasteiger partial charge in [-0.15, -0.1) is 5.10 Å². The van der Waals surface area contributed by atoms with Crippen molar-refractivity contribution in [3.63, 3.8) is 0 Å². The molecule has 1 atom stereocenters. The first-order valence-electron chi connectivity index (χ1n) is 7.21. The summed E-state index contributed by atoms with van der Waals surface area (Å²) in [4.78, 5) is 13.4. The summed E-state index contributed by atoms with van der Waals surface area (Å²) < 4.78 is 7.29. The number of morpholine rings is 1. The van der Waals surface area contributed by atoms with Crippen LogP contribution in [0.15, 0.2) is 0 Å². The molecule has 0 aromatic carbocycles. The van der Waals surface area contributed by atoms with Crippen molar-refractivity contribution in [1.82, 2.24) is 19.9 Å². The minimum atomic E-state index is -1.10. The minimum absolute atomic E-state index is 0.0221. The number of nitrogens with two attached hydrogens (primary N) is 1. The van der Waals surface area contributed by atoms with E-state index in [9.17, 15) is 4.79 Å². The average molecular weight is 297 g/mol. The van der Waals surface area contributed by atoms with Crippen LogP contribution in [0.2, 0.25) is 0 Å². The fourth-order valence-electron chi connectivity index (χ4n) is 2.61. The molecule has 0 bridgehead atoms. The third-order valence-electron chi connectivity index (χ3n) is 3.46. The summed E-state index contributed by atoms with van der Waals surface area (Å²) in [7, 11) is 0. The van der Waals surface area contributed by atoms with Crippen LogP contribution in [0, 0.1) is 5.92 Å². The lowest BCUT2D eigenvalue weighted by atomic mass is 10.2. The molecule has 21 heavy (non-hydrogen) atoms. The number of hydrogen-bond acceptors (Lipinski definition) is 6. The summed E-state index contributed by atoms with van der Waals surface area (Å²) in [5.41, 5.74) is 5.98. The van der Waals surface area contributed by atoms with Gasteiger partial charge in [-0.3, -0.25) is 4.90 Å². The fourth-order valence-corrected chi connectivity index (χ4v) is 2.61. The molecule has 2 rings (SSSR count). The zero-order valence-electron chi connectivity index (χ0n) is 12.5. The monoisotopic (exact) mass is 297 g/mol. The molecule has 8 nitrogen and oxygen atoms in total. The molecule has 1 saturated heterocycles. The van der Waals surface area contributed by atoms with E-state index in [0.717, 1.165) is 19.6 Å². The average Bonchev–Trinajstić information content (AvgIpc) is 2.81. The van der Waals surface area contributed by atoms with Gasteiger partial charge in [0, 0.05) is 26.2 Å². The van der Waals surface area contributed by atoms with E-state index in [1.807, 2.05) is 0 Å². The molecule has 1 unspecified atom stereocenters. The molecule has 2 heterocycles. The molecule has 1 aromatic heterocycles. The number of carbonyl (C=O) groups is 1. The molecule has 3 N–H and O–H groups in total. The van der Waals surface area contributed by atoms with Crippen molar-refractivity contribution in [3.05, 3.63) is 11.4 Å². The third-order valence-corrected chi connectivity index (χ3v) is 3.46. The van der Waals surface area contributed by atoms with Crippen molar-refractivity contribution >= 4 is 5.97 Å². The second-order valence-electron chi connectivity index (χ2n) is 5.72. The van der Waals surface area contributed by atoms with E-state index in [4.69, 9.17) is 15.6 Å². The Morgan fingerprint density at radius 2 is 2.33 bits per heavy atom. The van der Waals surface area contributed by atoms with Gasteiger partial charge in [-0.05, 0) is 5.92 Å². The van der Waals surface area contributed by atoms with Gasteiger partial charge in [0.25, 0.3) is 0 Å². The first-order chi connectivity index (χ1) is 10.0. The molecule has 118 valence electrons. The van der Waals surface area contributed by atoms with Crippen molar-refractivity contribution < 1.29 is 14.6 Å². The Morgan fingerprint density at radius 1 is 1.57 bits per heavy atom. The van der Waals surface area contributed by atoms with Crippen LogP contribution in [0.1, 0.15) is 30.0 Å². The number of aromatic carboxylic acids is 1. The van der Waals surface area contributed by atoms with Crippen molar-refractivity contribution in [2.24, 2.45) is 11.7 Å². The maximum Gasteiger partial charge on any atom is 0.358 e. The largest absolute Gasteiger partial charge is 0.476 e. The predicted molar refractivity (Wildman–Crippen MR) is 75.9 cm³/mol. The first kappa shape index (κ1) is 15.9. The van der Waals surface area contributed by atoms with Crippen LogP contribution in [0.3, 0.4) is 0 Å². The molecular formula is C13H23N5O3. The van der Waals surface area contributed by atoms with E-state index in [-0.39, 0.29) is 18.3 Å². The summed E-state index contributed by atoms with van der Waals surface area (Å²) in [6.07, 6.45) is -0.0221. The highest BCUT2D eigenvalue weighted by Crippen LogP contribution is 2.12. The van der Waals surface area contributed by atoms with Crippen molar-refractivity contribution in [2.45, 2.75) is 33.0 Å². The van der Waals surface area contributed by atoms with Gasteiger partial charge in [0.1, 0.15) is 0 Å². The van der Waals surface area contributed by atoms with E-state index in [2.05, 4.69) is 29.1 Å². The van der Waals surface area contributed by atoms with E-state index in [1.54, 1.807) is 4.68 Å². The standard InChI is InChI=1S/C13H23N5O3/c1-9(2)6-17-3-4-21-10(7-17)8-18-11(5-14)12(13(19)20)15-16-18/h9-10H,3-8,14H2,1-2H3,(H,19,20). The van der Waals surface area contributed by atoms with Crippen LogP contribution in [0.25, 0.3) is 0 Å². The van der Waals surface area contributed by atoms with E-state index in [0.29, 0.717) is 24.8 Å². The molecule has 1 aromatic rings. The molecule has 8 heteroatoms. The highest BCUT2D eigenvalue weighted by Gasteiger charge is 2.24. The topological polar surface area (TPSA) is 106 Å². The van der Waals surface area contributed by atoms with Gasteiger partial charge in [0.15, 0.2) is 5.69 Å². The number of hydrogen-bond donors (Lipinski definition) is 2. The molecule has 0 aliphatic carbocycles. The Balaban J connectivity index is 2.02. The molecule has 1 aliphatic rings. The van der Waals surface area contributed by atoms with E-state index < -0.39 is 5.97 Å². The van der Waals surface area contributed by atoms with Crippen molar-refractivity contribution in [1.29, 1.82) is 0 Å². The maximum absolute atomic E-state index is 11.0. The van der Waals surface area contributed by atoms with E-state index in [1.165, 1.54) is 0 Å². The number of carboxylic acids is 1. The summed E-state index contributed by atoms with van der Waals surface area (Å²) in [5.74, 6) is -0.499. The van der Waals surface area contributed by atoms with Gasteiger partial charge in [0.05, 0.1) is 24.9 Å². The summed E-state index contributed by atoms with van der Waals surface area (Å²) in [6.45, 7) is 8.39. The second kappa shape index (κ2) is 6.97. The van der Waals surface area contributed by atoms with Crippen LogP contribution < -0.4 is 5.73 Å². The highest BCUT2D eigenvalue weighted by molar-refractivity contribution is 5.86. The first-order valence-corrected chi connectivity index (χ1v) is 7.21. The van der Waals surface area contributed by atoms with Gasteiger partial charge in [-0.25, -0.2) is 9.48 Å². The van der Waals surface area contributed by atoms with Gasteiger partial charge < -0.3 is 15.6 Å². The van der Waals surface area contributed by atoms with Crippen LogP contribution in [0.4, 0.5) is 0 Å². The smallest absolute Gasteiger partial charge is 0.358 e. The number of rotatable bonds is 6. The minimum Gasteiger partial charge on any atom is -0.476 e. The van der Waals surface area contributed by atoms with Gasteiger partial charge >= 0.3 is 5.97 Å². The molecular weight excluding hydrogens is 274 g/mol. The van der Waals surface area contributed by atoms with Gasteiger partial charge in [-0.2, -0.15) is 0 Å². The zero-order valence-corrected chi connectivity index (χ0v) is 12.5. The Labute approximate surface area is 123 Å². The number of aromatic nitrogens is 3. The van der Waals surface area contributed by atoms with Crippen LogP contribution >= 0.6 is 0 Å². The van der Waals surface area contributed by atoms with Crippen molar-refractivity contribution in [3.8, 4) is 0 Å². The Hall–Kier alpha value is -1.51. The Morgan fingerprint density at radius 3 is 2.95 bits per heavy atom. The zero-order chi connectivity index (χ0) is 15.4. The third kappa shape index (κ3) is 3.99. The highest BCUT2D eigenvalue weighted by atomic mass is 16.5. The molecule has 0 saturated carbocycles. The van der Waals surface area contributed by atoms with Crippen LogP contribution in [0.5, 0.6) is 0 Å². The Bertz CT molecular complexity index is 488. The molecule has 0 radical (unpaired) electrons. The molecule has 0 spiro atoms.